The van der Waals surface area contributed by atoms with E-state index in [4.69, 9.17) is 5.73 Å². The SMILES string of the molecule is CC(C)[C@@H](C)[C@@H](C)[C@@H](C)[C@@H](C)CN. The summed E-state index contributed by atoms with van der Waals surface area (Å²) in [4.78, 5) is 0. The summed E-state index contributed by atoms with van der Waals surface area (Å²) in [6.07, 6.45) is 0. The van der Waals surface area contributed by atoms with E-state index in [1.165, 1.54) is 0 Å². The average Bonchev–Trinajstić information content (AvgIpc) is 2.12. The van der Waals surface area contributed by atoms with E-state index in [2.05, 4.69) is 41.5 Å². The highest BCUT2D eigenvalue weighted by molar-refractivity contribution is 4.74. The van der Waals surface area contributed by atoms with Crippen molar-refractivity contribution in [2.24, 2.45) is 35.3 Å². The van der Waals surface area contributed by atoms with Crippen molar-refractivity contribution in [1.82, 2.24) is 0 Å². The maximum Gasteiger partial charge on any atom is -0.00489 e. The third-order valence-corrected chi connectivity index (χ3v) is 3.98. The first kappa shape index (κ1) is 13.0. The Balaban J connectivity index is 4.15. The summed E-state index contributed by atoms with van der Waals surface area (Å²) in [7, 11) is 0. The van der Waals surface area contributed by atoms with Gasteiger partial charge in [-0.2, -0.15) is 0 Å². The minimum absolute atomic E-state index is 0.649. The van der Waals surface area contributed by atoms with E-state index in [-0.39, 0.29) is 0 Å². The van der Waals surface area contributed by atoms with E-state index in [1.807, 2.05) is 0 Å². The van der Waals surface area contributed by atoms with E-state index >= 15 is 0 Å². The van der Waals surface area contributed by atoms with Crippen LogP contribution in [0.15, 0.2) is 0 Å². The van der Waals surface area contributed by atoms with Crippen LogP contribution in [0.2, 0.25) is 0 Å². The summed E-state index contributed by atoms with van der Waals surface area (Å²) in [5.41, 5.74) is 5.69. The zero-order chi connectivity index (χ0) is 10.6. The molecule has 0 rings (SSSR count). The van der Waals surface area contributed by atoms with Gasteiger partial charge in [0, 0.05) is 0 Å². The zero-order valence-corrected chi connectivity index (χ0v) is 10.2. The van der Waals surface area contributed by atoms with Crippen molar-refractivity contribution in [2.75, 3.05) is 6.54 Å². The van der Waals surface area contributed by atoms with Crippen molar-refractivity contribution in [1.29, 1.82) is 0 Å². The predicted molar refractivity (Wildman–Crippen MR) is 60.5 cm³/mol. The lowest BCUT2D eigenvalue weighted by Crippen LogP contribution is -2.28. The van der Waals surface area contributed by atoms with Crippen LogP contribution < -0.4 is 5.73 Å². The molecule has 0 fully saturated rings. The summed E-state index contributed by atoms with van der Waals surface area (Å²) in [5.74, 6) is 3.74. The van der Waals surface area contributed by atoms with Crippen LogP contribution in [0.25, 0.3) is 0 Å². The van der Waals surface area contributed by atoms with Gasteiger partial charge in [-0.25, -0.2) is 0 Å². The van der Waals surface area contributed by atoms with Crippen molar-refractivity contribution < 1.29 is 0 Å². The van der Waals surface area contributed by atoms with Crippen molar-refractivity contribution in [3.05, 3.63) is 0 Å². The summed E-state index contributed by atoms with van der Waals surface area (Å²) in [5, 5.41) is 0. The second kappa shape index (κ2) is 5.64. The minimum atomic E-state index is 0.649. The van der Waals surface area contributed by atoms with E-state index in [0.29, 0.717) is 5.92 Å². The Morgan fingerprint density at radius 3 is 1.54 bits per heavy atom. The molecule has 0 aromatic rings. The van der Waals surface area contributed by atoms with Gasteiger partial charge in [-0.3, -0.25) is 0 Å². The molecular formula is C12H27N. The highest BCUT2D eigenvalue weighted by Gasteiger charge is 2.24. The van der Waals surface area contributed by atoms with Crippen LogP contribution in [0.5, 0.6) is 0 Å². The molecule has 0 bridgehead atoms. The van der Waals surface area contributed by atoms with E-state index in [0.717, 1.165) is 30.2 Å². The van der Waals surface area contributed by atoms with Crippen molar-refractivity contribution in [2.45, 2.75) is 41.5 Å². The quantitative estimate of drug-likeness (QED) is 0.699. The predicted octanol–water partition coefficient (Wildman–Crippen LogP) is 3.15. The molecule has 0 aliphatic carbocycles. The topological polar surface area (TPSA) is 26.0 Å². The molecule has 2 N–H and O–H groups in total. The Kier molecular flexibility index (Phi) is 5.62. The molecule has 0 saturated carbocycles. The fraction of sp³-hybridized carbons (Fsp3) is 1.00. The fourth-order valence-corrected chi connectivity index (χ4v) is 1.82. The minimum Gasteiger partial charge on any atom is -0.330 e. The fourth-order valence-electron chi connectivity index (χ4n) is 1.82. The summed E-state index contributed by atoms with van der Waals surface area (Å²) >= 11 is 0. The van der Waals surface area contributed by atoms with Crippen molar-refractivity contribution in [3.63, 3.8) is 0 Å². The van der Waals surface area contributed by atoms with E-state index in [9.17, 15) is 0 Å². The monoisotopic (exact) mass is 185 g/mol. The smallest absolute Gasteiger partial charge is 0.00489 e. The first-order valence-corrected chi connectivity index (χ1v) is 5.61. The number of hydrogen-bond acceptors (Lipinski definition) is 1. The van der Waals surface area contributed by atoms with Gasteiger partial charge >= 0.3 is 0 Å². The van der Waals surface area contributed by atoms with Gasteiger partial charge in [0.2, 0.25) is 0 Å². The summed E-state index contributed by atoms with van der Waals surface area (Å²) in [6, 6.07) is 0. The molecule has 1 nitrogen and oxygen atoms in total. The standard InChI is InChI=1S/C12H27N/c1-8(2)10(4)12(6)11(5)9(3)7-13/h8-12H,7,13H2,1-6H3/t9-,10+,11-,12+/m0/s1. The second-order valence-electron chi connectivity index (χ2n) is 5.03. The summed E-state index contributed by atoms with van der Waals surface area (Å²) < 4.78 is 0. The van der Waals surface area contributed by atoms with E-state index < -0.39 is 0 Å². The van der Waals surface area contributed by atoms with Gasteiger partial charge < -0.3 is 5.73 Å². The Morgan fingerprint density at radius 2 is 1.23 bits per heavy atom. The Bertz CT molecular complexity index is 131. The Hall–Kier alpha value is -0.0400. The molecule has 0 aromatic carbocycles. The van der Waals surface area contributed by atoms with Crippen LogP contribution in [-0.2, 0) is 0 Å². The Morgan fingerprint density at radius 1 is 0.769 bits per heavy atom. The highest BCUT2D eigenvalue weighted by atomic mass is 14.5. The van der Waals surface area contributed by atoms with Gasteiger partial charge in [-0.1, -0.05) is 41.5 Å². The maximum atomic E-state index is 5.69. The third kappa shape index (κ3) is 3.68. The maximum absolute atomic E-state index is 5.69. The third-order valence-electron chi connectivity index (χ3n) is 3.98. The van der Waals surface area contributed by atoms with Crippen LogP contribution >= 0.6 is 0 Å². The van der Waals surface area contributed by atoms with Crippen LogP contribution in [-0.4, -0.2) is 6.54 Å². The second-order valence-corrected chi connectivity index (χ2v) is 5.03. The van der Waals surface area contributed by atoms with Gasteiger partial charge in [0.25, 0.3) is 0 Å². The number of hydrogen-bond donors (Lipinski definition) is 1. The van der Waals surface area contributed by atoms with Crippen LogP contribution in [0.1, 0.15) is 41.5 Å². The molecule has 80 valence electrons. The molecule has 0 amide bonds. The first-order chi connectivity index (χ1) is 5.91. The van der Waals surface area contributed by atoms with Crippen LogP contribution in [0.4, 0.5) is 0 Å². The lowest BCUT2D eigenvalue weighted by molar-refractivity contribution is 0.179. The lowest BCUT2D eigenvalue weighted by atomic mass is 9.74. The van der Waals surface area contributed by atoms with Gasteiger partial charge in [0.05, 0.1) is 0 Å². The largest absolute Gasteiger partial charge is 0.330 e. The van der Waals surface area contributed by atoms with Gasteiger partial charge in [-0.15, -0.1) is 0 Å². The number of nitrogens with two attached hydrogens (primary N) is 1. The molecule has 4 atom stereocenters. The molecule has 0 unspecified atom stereocenters. The van der Waals surface area contributed by atoms with E-state index in [1.54, 1.807) is 0 Å². The molecule has 13 heavy (non-hydrogen) atoms. The highest BCUT2D eigenvalue weighted by Crippen LogP contribution is 2.30. The molecule has 0 aromatic heterocycles. The van der Waals surface area contributed by atoms with Gasteiger partial charge in [-0.05, 0) is 36.1 Å². The van der Waals surface area contributed by atoms with Crippen molar-refractivity contribution >= 4 is 0 Å². The molecule has 0 heterocycles. The van der Waals surface area contributed by atoms with Gasteiger partial charge in [0.1, 0.15) is 0 Å². The number of rotatable bonds is 5. The average molecular weight is 185 g/mol. The molecule has 1 heteroatoms. The molecule has 0 saturated heterocycles. The first-order valence-electron chi connectivity index (χ1n) is 5.61. The van der Waals surface area contributed by atoms with Crippen LogP contribution in [0.3, 0.4) is 0 Å². The Labute approximate surface area is 84.1 Å². The van der Waals surface area contributed by atoms with Gasteiger partial charge in [0.15, 0.2) is 0 Å². The molecule has 0 aliphatic heterocycles. The molecular weight excluding hydrogens is 158 g/mol. The lowest BCUT2D eigenvalue weighted by Gasteiger charge is -2.32. The zero-order valence-electron chi connectivity index (χ0n) is 10.2. The van der Waals surface area contributed by atoms with Crippen molar-refractivity contribution in [3.8, 4) is 0 Å². The summed E-state index contributed by atoms with van der Waals surface area (Å²) in [6.45, 7) is 14.7. The van der Waals surface area contributed by atoms with Crippen LogP contribution in [0, 0.1) is 29.6 Å². The molecule has 0 aliphatic rings. The molecule has 0 spiro atoms. The molecule has 0 radical (unpaired) electrons. The normalized spacial score (nSPS) is 21.2.